The highest BCUT2D eigenvalue weighted by molar-refractivity contribution is 5.84. The molecular weight excluding hydrogens is 286 g/mol. The largest absolute Gasteiger partial charge is 1.00 e. The van der Waals surface area contributed by atoms with Crippen molar-refractivity contribution >= 4 is 11.6 Å². The van der Waals surface area contributed by atoms with Crippen molar-refractivity contribution in [3.8, 4) is 0 Å². The quantitative estimate of drug-likeness (QED) is 0.582. The van der Waals surface area contributed by atoms with Crippen molar-refractivity contribution in [3.63, 3.8) is 0 Å². The zero-order valence-electron chi connectivity index (χ0n) is 13.9. The lowest BCUT2D eigenvalue weighted by atomic mass is 9.84. The van der Waals surface area contributed by atoms with E-state index in [9.17, 15) is 9.59 Å². The molecule has 3 nitrogen and oxygen atoms in total. The van der Waals surface area contributed by atoms with Crippen LogP contribution in [0.3, 0.4) is 0 Å². The summed E-state index contributed by atoms with van der Waals surface area (Å²) in [6.07, 6.45) is 8.14. The molecule has 124 valence electrons. The predicted octanol–water partition coefficient (Wildman–Crippen LogP) is -0.511. The molecule has 0 unspecified atom stereocenters. The minimum absolute atomic E-state index is 0. The van der Waals surface area contributed by atoms with Gasteiger partial charge in [0.25, 0.3) is 0 Å². The van der Waals surface area contributed by atoms with Gasteiger partial charge in [-0.1, -0.05) is 40.0 Å². The number of Topliss-reactive ketones (excluding diaryl/α,β-unsaturated/α-hetero) is 2. The van der Waals surface area contributed by atoms with Crippen molar-refractivity contribution < 1.29 is 27.3 Å². The Bertz CT molecular complexity index is 323. The molecule has 1 aliphatic rings. The van der Waals surface area contributed by atoms with Crippen LogP contribution in [-0.4, -0.2) is 24.7 Å². The van der Waals surface area contributed by atoms with Crippen LogP contribution in [0, 0.1) is 11.3 Å². The molecule has 0 saturated heterocycles. The van der Waals surface area contributed by atoms with E-state index in [1.54, 1.807) is 0 Å². The summed E-state index contributed by atoms with van der Waals surface area (Å²) in [7, 11) is 0. The highest BCUT2D eigenvalue weighted by Gasteiger charge is 2.25. The first kappa shape index (κ1) is 20.6. The lowest BCUT2D eigenvalue weighted by Crippen LogP contribution is -3.00. The Morgan fingerprint density at radius 2 is 1.62 bits per heavy atom. The van der Waals surface area contributed by atoms with Gasteiger partial charge in [0.05, 0.1) is 25.9 Å². The smallest absolute Gasteiger partial charge is 0.144 e. The van der Waals surface area contributed by atoms with Gasteiger partial charge < -0.3 is 17.7 Å². The molecule has 1 rings (SSSR count). The third-order valence-corrected chi connectivity index (χ3v) is 4.87. The first-order valence-electron chi connectivity index (χ1n) is 8.35. The fourth-order valence-electron chi connectivity index (χ4n) is 2.79. The standard InChI is InChI=1S/C17H31NO2.ClH/c1-4-17(2,3)16(20)11-13-18-12-10-15(19)14-8-6-5-7-9-14;/h14,18H,4-13H2,1-3H3;1H. The van der Waals surface area contributed by atoms with Gasteiger partial charge >= 0.3 is 0 Å². The maximum atomic E-state index is 12.0. The van der Waals surface area contributed by atoms with Crippen LogP contribution in [0.5, 0.6) is 0 Å². The molecule has 1 saturated carbocycles. The third-order valence-electron chi connectivity index (χ3n) is 4.87. The van der Waals surface area contributed by atoms with E-state index in [4.69, 9.17) is 0 Å². The maximum absolute atomic E-state index is 12.0. The highest BCUT2D eigenvalue weighted by Crippen LogP contribution is 2.25. The van der Waals surface area contributed by atoms with Crippen LogP contribution in [0.15, 0.2) is 0 Å². The van der Waals surface area contributed by atoms with Gasteiger partial charge in [-0.3, -0.25) is 9.59 Å². The summed E-state index contributed by atoms with van der Waals surface area (Å²) in [4.78, 5) is 24.0. The summed E-state index contributed by atoms with van der Waals surface area (Å²) in [5.41, 5.74) is -0.189. The molecule has 0 bridgehead atoms. The van der Waals surface area contributed by atoms with Gasteiger partial charge in [-0.15, -0.1) is 0 Å². The second-order valence-electron chi connectivity index (χ2n) is 6.83. The van der Waals surface area contributed by atoms with Crippen molar-refractivity contribution in [1.82, 2.24) is 0 Å². The minimum Gasteiger partial charge on any atom is -1.00 e. The van der Waals surface area contributed by atoms with E-state index in [1.165, 1.54) is 19.3 Å². The van der Waals surface area contributed by atoms with E-state index < -0.39 is 0 Å². The zero-order chi connectivity index (χ0) is 15.0. The van der Waals surface area contributed by atoms with Crippen LogP contribution in [0.1, 0.15) is 72.1 Å². The number of nitrogens with two attached hydrogens (primary N) is 1. The predicted molar refractivity (Wildman–Crippen MR) is 81.6 cm³/mol. The normalized spacial score (nSPS) is 16.3. The second-order valence-corrected chi connectivity index (χ2v) is 6.83. The van der Waals surface area contributed by atoms with Crippen LogP contribution in [0.25, 0.3) is 0 Å². The molecule has 0 radical (unpaired) electrons. The number of hydrogen-bond acceptors (Lipinski definition) is 2. The van der Waals surface area contributed by atoms with E-state index in [0.29, 0.717) is 30.3 Å². The number of quaternary nitrogens is 1. The number of halogens is 1. The fraction of sp³-hybridized carbons (Fsp3) is 0.882. The molecule has 0 aromatic heterocycles. The van der Waals surface area contributed by atoms with Gasteiger partial charge in [-0.2, -0.15) is 0 Å². The fourth-order valence-corrected chi connectivity index (χ4v) is 2.79. The molecular formula is C17H32ClNO2. The Morgan fingerprint density at radius 3 is 2.19 bits per heavy atom. The number of rotatable bonds is 9. The number of hydrogen-bond donors (Lipinski definition) is 1. The molecule has 2 N–H and O–H groups in total. The first-order valence-corrected chi connectivity index (χ1v) is 8.35. The minimum atomic E-state index is -0.189. The van der Waals surface area contributed by atoms with E-state index >= 15 is 0 Å². The first-order chi connectivity index (χ1) is 9.47. The van der Waals surface area contributed by atoms with Crippen molar-refractivity contribution in [3.05, 3.63) is 0 Å². The number of carbonyl (C=O) groups excluding carboxylic acids is 2. The monoisotopic (exact) mass is 317 g/mol. The van der Waals surface area contributed by atoms with E-state index in [-0.39, 0.29) is 17.8 Å². The van der Waals surface area contributed by atoms with Crippen molar-refractivity contribution in [1.29, 1.82) is 0 Å². The average molecular weight is 318 g/mol. The number of ketones is 2. The van der Waals surface area contributed by atoms with Crippen molar-refractivity contribution in [2.24, 2.45) is 11.3 Å². The van der Waals surface area contributed by atoms with Gasteiger partial charge in [-0.25, -0.2) is 0 Å². The molecule has 0 heterocycles. The van der Waals surface area contributed by atoms with Gasteiger partial charge in [0, 0.05) is 11.3 Å². The van der Waals surface area contributed by atoms with Gasteiger partial charge in [0.1, 0.15) is 11.6 Å². The topological polar surface area (TPSA) is 50.8 Å². The molecule has 0 aromatic rings. The van der Waals surface area contributed by atoms with Gasteiger partial charge in [-0.05, 0) is 19.3 Å². The Kier molecular flexibility index (Phi) is 10.1. The summed E-state index contributed by atoms with van der Waals surface area (Å²) in [6.45, 7) is 7.75. The lowest BCUT2D eigenvalue weighted by Gasteiger charge is -2.20. The van der Waals surface area contributed by atoms with E-state index in [0.717, 1.165) is 32.4 Å². The Labute approximate surface area is 136 Å². The Morgan fingerprint density at radius 1 is 1.05 bits per heavy atom. The van der Waals surface area contributed by atoms with Crippen LogP contribution < -0.4 is 17.7 Å². The van der Waals surface area contributed by atoms with Gasteiger partial charge in [0.15, 0.2) is 0 Å². The lowest BCUT2D eigenvalue weighted by molar-refractivity contribution is -0.652. The molecule has 0 spiro atoms. The molecule has 21 heavy (non-hydrogen) atoms. The van der Waals surface area contributed by atoms with Crippen LogP contribution in [-0.2, 0) is 9.59 Å². The molecule has 4 heteroatoms. The molecule has 0 aromatic carbocycles. The average Bonchev–Trinajstić information content (AvgIpc) is 2.47. The molecule has 0 atom stereocenters. The van der Waals surface area contributed by atoms with Crippen LogP contribution >= 0.6 is 0 Å². The third kappa shape index (κ3) is 7.42. The Hall–Kier alpha value is -0.410. The molecule has 0 amide bonds. The summed E-state index contributed by atoms with van der Waals surface area (Å²) < 4.78 is 0. The Balaban J connectivity index is 0.00000400. The number of carbonyl (C=O) groups is 2. The van der Waals surface area contributed by atoms with Crippen LogP contribution in [0.4, 0.5) is 0 Å². The molecule has 1 aliphatic carbocycles. The summed E-state index contributed by atoms with van der Waals surface area (Å²) in [6, 6.07) is 0. The van der Waals surface area contributed by atoms with Crippen molar-refractivity contribution in [2.75, 3.05) is 13.1 Å². The SMILES string of the molecule is CCC(C)(C)C(=O)CC[NH2+]CCC(=O)C1CCCCC1.[Cl-]. The summed E-state index contributed by atoms with van der Waals surface area (Å²) in [5, 5.41) is 2.13. The maximum Gasteiger partial charge on any atom is 0.144 e. The van der Waals surface area contributed by atoms with E-state index in [2.05, 4.69) is 12.2 Å². The van der Waals surface area contributed by atoms with E-state index in [1.807, 2.05) is 13.8 Å². The zero-order valence-corrected chi connectivity index (χ0v) is 14.7. The summed E-state index contributed by atoms with van der Waals surface area (Å²) >= 11 is 0. The van der Waals surface area contributed by atoms with Crippen molar-refractivity contribution in [2.45, 2.75) is 72.1 Å². The molecule has 0 aliphatic heterocycles. The van der Waals surface area contributed by atoms with Crippen LogP contribution in [0.2, 0.25) is 0 Å². The van der Waals surface area contributed by atoms with Gasteiger partial charge in [0.2, 0.25) is 0 Å². The molecule has 1 fully saturated rings. The highest BCUT2D eigenvalue weighted by atomic mass is 35.5. The second kappa shape index (κ2) is 10.3. The summed E-state index contributed by atoms with van der Waals surface area (Å²) in [5.74, 6) is 1.12.